The van der Waals surface area contributed by atoms with Gasteiger partial charge >= 0.3 is 0 Å². The molecule has 5 heteroatoms. The summed E-state index contributed by atoms with van der Waals surface area (Å²) < 4.78 is 7.62. The molecule has 0 atom stereocenters. The van der Waals surface area contributed by atoms with Gasteiger partial charge in [-0.1, -0.05) is 6.07 Å². The fourth-order valence-corrected chi connectivity index (χ4v) is 1.80. The molecule has 0 amide bonds. The molecule has 0 aliphatic carbocycles. The van der Waals surface area contributed by atoms with E-state index in [1.165, 1.54) is 0 Å². The number of ether oxygens (including phenoxy) is 1. The highest BCUT2D eigenvalue weighted by molar-refractivity contribution is 5.85. The number of benzene rings is 1. The topological polar surface area (TPSA) is 53.1 Å². The fraction of sp³-hybridized carbons (Fsp3) is 0.182. The maximum Gasteiger partial charge on any atom is 0.151 e. The van der Waals surface area contributed by atoms with E-state index in [0.29, 0.717) is 13.2 Å². The molecule has 1 aromatic heterocycles. The Labute approximate surface area is 99.5 Å². The number of hydrogen-bond acceptors (Lipinski definition) is 3. The van der Waals surface area contributed by atoms with E-state index in [0.717, 1.165) is 22.8 Å². The van der Waals surface area contributed by atoms with Gasteiger partial charge in [0.05, 0.1) is 5.69 Å². The molecule has 3 rings (SSSR count). The molecule has 4 nitrogen and oxygen atoms in total. The van der Waals surface area contributed by atoms with Crippen LogP contribution in [0.15, 0.2) is 30.6 Å². The molecule has 0 spiro atoms. The number of aromatic nitrogens is 2. The lowest BCUT2D eigenvalue weighted by atomic mass is 10.1. The number of nitrogens with zero attached hydrogens (tertiary/aromatic N) is 2. The van der Waals surface area contributed by atoms with Crippen LogP contribution in [0.2, 0.25) is 0 Å². The molecule has 2 aromatic rings. The molecule has 0 saturated carbocycles. The number of halogens is 1. The van der Waals surface area contributed by atoms with Crippen molar-refractivity contribution in [3.8, 4) is 11.4 Å². The highest BCUT2D eigenvalue weighted by atomic mass is 35.5. The lowest BCUT2D eigenvalue weighted by molar-refractivity contribution is 0.279. The minimum atomic E-state index is 0. The van der Waals surface area contributed by atoms with Gasteiger partial charge in [0.15, 0.2) is 5.82 Å². The summed E-state index contributed by atoms with van der Waals surface area (Å²) in [5.74, 6) is 1.81. The Kier molecular flexibility index (Phi) is 2.85. The van der Waals surface area contributed by atoms with E-state index in [1.807, 2.05) is 29.0 Å². The van der Waals surface area contributed by atoms with Crippen LogP contribution < -0.4 is 10.5 Å². The molecule has 1 aliphatic rings. The second-order valence-electron chi connectivity index (χ2n) is 3.51. The second kappa shape index (κ2) is 4.15. The van der Waals surface area contributed by atoms with Crippen molar-refractivity contribution < 1.29 is 4.74 Å². The molecule has 2 heterocycles. The third-order valence-corrected chi connectivity index (χ3v) is 2.59. The maximum atomic E-state index is 5.61. The highest BCUT2D eigenvalue weighted by Gasteiger charge is 2.16. The monoisotopic (exact) mass is 237 g/mol. The van der Waals surface area contributed by atoms with Crippen LogP contribution in [0, 0.1) is 0 Å². The van der Waals surface area contributed by atoms with E-state index in [2.05, 4.69) is 4.98 Å². The van der Waals surface area contributed by atoms with Gasteiger partial charge < -0.3 is 10.5 Å². The van der Waals surface area contributed by atoms with Crippen molar-refractivity contribution in [1.29, 1.82) is 0 Å². The minimum Gasteiger partial charge on any atom is -0.483 e. The molecule has 0 radical (unpaired) electrons. The largest absolute Gasteiger partial charge is 0.483 e. The Balaban J connectivity index is 0.000000963. The molecule has 1 aliphatic heterocycles. The Bertz CT molecular complexity index is 510. The van der Waals surface area contributed by atoms with Gasteiger partial charge in [0.2, 0.25) is 0 Å². The summed E-state index contributed by atoms with van der Waals surface area (Å²) in [7, 11) is 0. The molecule has 0 fully saturated rings. The van der Waals surface area contributed by atoms with Crippen LogP contribution in [0.1, 0.15) is 11.4 Å². The SMILES string of the molecule is Cl.NCc1ccc2c(c1)-n1ccnc1CO2. The molecule has 0 saturated heterocycles. The summed E-state index contributed by atoms with van der Waals surface area (Å²) >= 11 is 0. The van der Waals surface area contributed by atoms with Crippen LogP contribution in [0.25, 0.3) is 5.69 Å². The van der Waals surface area contributed by atoms with E-state index in [-0.39, 0.29) is 12.4 Å². The van der Waals surface area contributed by atoms with Crippen molar-refractivity contribution in [2.24, 2.45) is 5.73 Å². The summed E-state index contributed by atoms with van der Waals surface area (Å²) in [6.45, 7) is 1.07. The van der Waals surface area contributed by atoms with Crippen molar-refractivity contribution in [1.82, 2.24) is 9.55 Å². The fourth-order valence-electron chi connectivity index (χ4n) is 1.80. The predicted octanol–water partition coefficient (Wildman–Crippen LogP) is 1.65. The van der Waals surface area contributed by atoms with Crippen molar-refractivity contribution in [2.45, 2.75) is 13.2 Å². The molecule has 1 aromatic carbocycles. The van der Waals surface area contributed by atoms with Crippen LogP contribution in [0.4, 0.5) is 0 Å². The Morgan fingerprint density at radius 1 is 1.44 bits per heavy atom. The third kappa shape index (κ3) is 1.56. The van der Waals surface area contributed by atoms with Crippen LogP contribution >= 0.6 is 12.4 Å². The first-order valence-electron chi connectivity index (χ1n) is 4.87. The van der Waals surface area contributed by atoms with Gasteiger partial charge in [-0.3, -0.25) is 4.57 Å². The molecule has 84 valence electrons. The van der Waals surface area contributed by atoms with Crippen LogP contribution in [-0.2, 0) is 13.2 Å². The molecule has 16 heavy (non-hydrogen) atoms. The summed E-state index contributed by atoms with van der Waals surface area (Å²) in [4.78, 5) is 4.22. The Morgan fingerprint density at radius 2 is 2.31 bits per heavy atom. The lowest BCUT2D eigenvalue weighted by Gasteiger charge is -2.19. The van der Waals surface area contributed by atoms with E-state index >= 15 is 0 Å². The lowest BCUT2D eigenvalue weighted by Crippen LogP contribution is -2.13. The number of fused-ring (bicyclic) bond motifs is 3. The maximum absolute atomic E-state index is 5.61. The minimum absolute atomic E-state index is 0. The first-order valence-corrected chi connectivity index (χ1v) is 4.87. The van der Waals surface area contributed by atoms with E-state index in [1.54, 1.807) is 6.20 Å². The van der Waals surface area contributed by atoms with Crippen molar-refractivity contribution >= 4 is 12.4 Å². The Hall–Kier alpha value is -1.52. The zero-order valence-electron chi connectivity index (χ0n) is 8.59. The average molecular weight is 238 g/mol. The van der Waals surface area contributed by atoms with Gasteiger partial charge in [0.1, 0.15) is 12.4 Å². The standard InChI is InChI=1S/C11H11N3O.ClH/c12-6-8-1-2-10-9(5-8)14-4-3-13-11(14)7-15-10;/h1-5H,6-7,12H2;1H. The quantitative estimate of drug-likeness (QED) is 0.821. The number of hydrogen-bond donors (Lipinski definition) is 1. The summed E-state index contributed by atoms with van der Waals surface area (Å²) in [5, 5.41) is 0. The number of nitrogens with two attached hydrogens (primary N) is 1. The van der Waals surface area contributed by atoms with E-state index < -0.39 is 0 Å². The highest BCUT2D eigenvalue weighted by Crippen LogP contribution is 2.29. The third-order valence-electron chi connectivity index (χ3n) is 2.59. The van der Waals surface area contributed by atoms with Crippen LogP contribution in [0.5, 0.6) is 5.75 Å². The zero-order chi connectivity index (χ0) is 10.3. The second-order valence-corrected chi connectivity index (χ2v) is 3.51. The predicted molar refractivity (Wildman–Crippen MR) is 63.0 cm³/mol. The normalized spacial score (nSPS) is 12.1. The summed E-state index contributed by atoms with van der Waals surface area (Å²) in [6.07, 6.45) is 3.72. The average Bonchev–Trinajstić information content (AvgIpc) is 2.76. The number of imidazole rings is 1. The molecular formula is C11H12ClN3O. The van der Waals surface area contributed by atoms with Gasteiger partial charge in [-0.2, -0.15) is 0 Å². The van der Waals surface area contributed by atoms with Crippen molar-refractivity contribution in [2.75, 3.05) is 0 Å². The van der Waals surface area contributed by atoms with Gasteiger partial charge in [-0.15, -0.1) is 12.4 Å². The summed E-state index contributed by atoms with van der Waals surface area (Å²) in [5.41, 5.74) is 7.73. The van der Waals surface area contributed by atoms with E-state index in [9.17, 15) is 0 Å². The number of rotatable bonds is 1. The molecular weight excluding hydrogens is 226 g/mol. The van der Waals surface area contributed by atoms with Crippen molar-refractivity contribution in [3.05, 3.63) is 42.0 Å². The zero-order valence-corrected chi connectivity index (χ0v) is 9.41. The molecule has 0 unspecified atom stereocenters. The van der Waals surface area contributed by atoms with Gasteiger partial charge in [-0.05, 0) is 17.7 Å². The molecule has 0 bridgehead atoms. The van der Waals surface area contributed by atoms with Gasteiger partial charge in [-0.25, -0.2) is 4.98 Å². The van der Waals surface area contributed by atoms with Crippen LogP contribution in [-0.4, -0.2) is 9.55 Å². The smallest absolute Gasteiger partial charge is 0.151 e. The first-order chi connectivity index (χ1) is 7.38. The van der Waals surface area contributed by atoms with Crippen molar-refractivity contribution in [3.63, 3.8) is 0 Å². The Morgan fingerprint density at radius 3 is 3.12 bits per heavy atom. The van der Waals surface area contributed by atoms with Gasteiger partial charge in [0.25, 0.3) is 0 Å². The van der Waals surface area contributed by atoms with Gasteiger partial charge in [0, 0.05) is 18.9 Å². The summed E-state index contributed by atoms with van der Waals surface area (Å²) in [6, 6.07) is 5.99. The van der Waals surface area contributed by atoms with Crippen LogP contribution in [0.3, 0.4) is 0 Å². The molecule has 2 N–H and O–H groups in total. The van der Waals surface area contributed by atoms with E-state index in [4.69, 9.17) is 10.5 Å². The first kappa shape index (κ1) is 11.0.